The zero-order valence-corrected chi connectivity index (χ0v) is 15.1. The maximum Gasteiger partial charge on any atom is 0.255 e. The number of anilines is 1. The second kappa shape index (κ2) is 8.09. The van der Waals surface area contributed by atoms with Crippen LogP contribution in [0.4, 0.5) is 5.69 Å². The van der Waals surface area contributed by atoms with Crippen molar-refractivity contribution in [1.82, 2.24) is 25.1 Å². The second-order valence-electron chi connectivity index (χ2n) is 6.84. The van der Waals surface area contributed by atoms with Crippen molar-refractivity contribution in [3.05, 3.63) is 71.5 Å². The van der Waals surface area contributed by atoms with Gasteiger partial charge in [0.25, 0.3) is 5.91 Å². The van der Waals surface area contributed by atoms with Gasteiger partial charge in [-0.25, -0.2) is 4.68 Å². The van der Waals surface area contributed by atoms with E-state index >= 15 is 0 Å². The number of rotatable bonds is 6. The molecule has 1 N–H and O–H groups in total. The first kappa shape index (κ1) is 17.4. The smallest absolute Gasteiger partial charge is 0.255 e. The van der Waals surface area contributed by atoms with Crippen LogP contribution in [0.15, 0.2) is 54.9 Å². The molecule has 2 heterocycles. The Bertz CT molecular complexity index is 868. The Kier molecular flexibility index (Phi) is 5.20. The Hall–Kier alpha value is -3.06. The monoisotopic (exact) mass is 362 g/mol. The van der Waals surface area contributed by atoms with Gasteiger partial charge in [0.2, 0.25) is 0 Å². The van der Waals surface area contributed by atoms with Crippen LogP contribution in [-0.2, 0) is 13.1 Å². The summed E-state index contributed by atoms with van der Waals surface area (Å²) in [6.45, 7) is 3.92. The highest BCUT2D eigenvalue weighted by Gasteiger charge is 2.12. The minimum absolute atomic E-state index is 0.115. The third-order valence-corrected chi connectivity index (χ3v) is 4.77. The quantitative estimate of drug-likeness (QED) is 0.729. The van der Waals surface area contributed by atoms with E-state index in [2.05, 4.69) is 37.9 Å². The van der Waals surface area contributed by atoms with Crippen LogP contribution in [0.5, 0.6) is 0 Å². The van der Waals surface area contributed by atoms with Gasteiger partial charge in [0.1, 0.15) is 6.33 Å². The number of tetrazole rings is 1. The van der Waals surface area contributed by atoms with Gasteiger partial charge in [-0.05, 0) is 71.8 Å². The summed E-state index contributed by atoms with van der Waals surface area (Å²) in [6, 6.07) is 15.6. The van der Waals surface area contributed by atoms with Crippen molar-refractivity contribution in [2.45, 2.75) is 25.9 Å². The van der Waals surface area contributed by atoms with Crippen LogP contribution in [0.25, 0.3) is 0 Å². The molecule has 27 heavy (non-hydrogen) atoms. The van der Waals surface area contributed by atoms with E-state index in [1.165, 1.54) is 31.5 Å². The largest absolute Gasteiger partial charge is 0.322 e. The average Bonchev–Trinajstić information content (AvgIpc) is 3.38. The molecule has 0 radical (unpaired) electrons. The molecule has 1 aromatic heterocycles. The fraction of sp³-hybridized carbons (Fsp3) is 0.300. The van der Waals surface area contributed by atoms with Crippen molar-refractivity contribution in [2.24, 2.45) is 0 Å². The molecule has 1 amide bonds. The third-order valence-electron chi connectivity index (χ3n) is 4.77. The zero-order chi connectivity index (χ0) is 18.5. The molecule has 138 valence electrons. The van der Waals surface area contributed by atoms with Gasteiger partial charge in [-0.2, -0.15) is 0 Å². The molecule has 1 saturated heterocycles. The lowest BCUT2D eigenvalue weighted by Crippen LogP contribution is -2.18. The first-order valence-electron chi connectivity index (χ1n) is 9.19. The SMILES string of the molecule is O=C(Nc1ccc(CN2CCCC2)cc1)c1ccc(Cn2cnnn2)cc1. The number of hydrogen-bond acceptors (Lipinski definition) is 5. The van der Waals surface area contributed by atoms with E-state index in [0.717, 1.165) is 17.8 Å². The van der Waals surface area contributed by atoms with Gasteiger partial charge in [0, 0.05) is 17.8 Å². The van der Waals surface area contributed by atoms with Crippen molar-refractivity contribution in [3.8, 4) is 0 Å². The molecule has 2 aromatic carbocycles. The van der Waals surface area contributed by atoms with Crippen molar-refractivity contribution < 1.29 is 4.79 Å². The molecule has 0 bridgehead atoms. The van der Waals surface area contributed by atoms with Gasteiger partial charge in [0.15, 0.2) is 0 Å². The number of hydrogen-bond donors (Lipinski definition) is 1. The van der Waals surface area contributed by atoms with Crippen molar-refractivity contribution in [3.63, 3.8) is 0 Å². The second-order valence-corrected chi connectivity index (χ2v) is 6.84. The molecule has 3 aromatic rings. The van der Waals surface area contributed by atoms with E-state index in [4.69, 9.17) is 0 Å². The van der Waals surface area contributed by atoms with Gasteiger partial charge in [-0.15, -0.1) is 5.10 Å². The normalized spacial score (nSPS) is 14.4. The number of carbonyl (C=O) groups excluding carboxylic acids is 1. The van der Waals surface area contributed by atoms with E-state index in [9.17, 15) is 4.79 Å². The van der Waals surface area contributed by atoms with Crippen LogP contribution in [0, 0.1) is 0 Å². The number of nitrogens with zero attached hydrogens (tertiary/aromatic N) is 5. The van der Waals surface area contributed by atoms with Crippen LogP contribution >= 0.6 is 0 Å². The number of carbonyl (C=O) groups is 1. The minimum Gasteiger partial charge on any atom is -0.322 e. The highest BCUT2D eigenvalue weighted by Crippen LogP contribution is 2.16. The molecule has 7 nitrogen and oxygen atoms in total. The standard InChI is InChI=1S/C20H22N6O/c27-20(18-7-3-17(4-8-18)14-26-15-21-23-24-26)22-19-9-5-16(6-10-19)13-25-11-1-2-12-25/h3-10,15H,1-2,11-14H2,(H,22,27). The number of amides is 1. The average molecular weight is 362 g/mol. The maximum absolute atomic E-state index is 12.4. The van der Waals surface area contributed by atoms with Crippen LogP contribution in [0.2, 0.25) is 0 Å². The Morgan fingerprint density at radius 3 is 2.26 bits per heavy atom. The van der Waals surface area contributed by atoms with Crippen LogP contribution < -0.4 is 5.32 Å². The van der Waals surface area contributed by atoms with Gasteiger partial charge >= 0.3 is 0 Å². The summed E-state index contributed by atoms with van der Waals surface area (Å²) in [6.07, 6.45) is 4.15. The van der Waals surface area contributed by atoms with E-state index in [1.807, 2.05) is 36.4 Å². The first-order chi connectivity index (χ1) is 13.3. The predicted octanol–water partition coefficient (Wildman–Crippen LogP) is 2.57. The summed E-state index contributed by atoms with van der Waals surface area (Å²) in [5.74, 6) is -0.115. The number of aromatic nitrogens is 4. The third kappa shape index (κ3) is 4.57. The van der Waals surface area contributed by atoms with Gasteiger partial charge < -0.3 is 5.32 Å². The molecule has 0 spiro atoms. The molecule has 7 heteroatoms. The summed E-state index contributed by atoms with van der Waals surface area (Å²) >= 11 is 0. The van der Waals surface area contributed by atoms with Gasteiger partial charge in [-0.3, -0.25) is 9.69 Å². The van der Waals surface area contributed by atoms with E-state index in [0.29, 0.717) is 12.1 Å². The molecular formula is C20H22N6O. The summed E-state index contributed by atoms with van der Waals surface area (Å²) in [5.41, 5.74) is 3.74. The summed E-state index contributed by atoms with van der Waals surface area (Å²) in [7, 11) is 0. The lowest BCUT2D eigenvalue weighted by molar-refractivity contribution is 0.102. The molecule has 4 rings (SSSR count). The minimum atomic E-state index is -0.115. The highest BCUT2D eigenvalue weighted by molar-refractivity contribution is 6.04. The Labute approximate surface area is 158 Å². The first-order valence-corrected chi connectivity index (χ1v) is 9.19. The lowest BCUT2D eigenvalue weighted by atomic mass is 10.1. The zero-order valence-electron chi connectivity index (χ0n) is 15.1. The summed E-state index contributed by atoms with van der Waals surface area (Å²) in [5, 5.41) is 14.0. The van der Waals surface area contributed by atoms with Gasteiger partial charge in [-0.1, -0.05) is 24.3 Å². The van der Waals surface area contributed by atoms with E-state index in [1.54, 1.807) is 11.0 Å². The Morgan fingerprint density at radius 2 is 1.59 bits per heavy atom. The van der Waals surface area contributed by atoms with E-state index < -0.39 is 0 Å². The fourth-order valence-electron chi connectivity index (χ4n) is 3.30. The summed E-state index contributed by atoms with van der Waals surface area (Å²) < 4.78 is 1.64. The van der Waals surface area contributed by atoms with Crippen LogP contribution in [-0.4, -0.2) is 44.1 Å². The van der Waals surface area contributed by atoms with Crippen LogP contribution in [0.3, 0.4) is 0 Å². The molecule has 0 aliphatic carbocycles. The fourth-order valence-corrected chi connectivity index (χ4v) is 3.30. The number of benzene rings is 2. The molecule has 0 saturated carbocycles. The van der Waals surface area contributed by atoms with Crippen molar-refractivity contribution >= 4 is 11.6 Å². The van der Waals surface area contributed by atoms with Crippen LogP contribution in [0.1, 0.15) is 34.3 Å². The topological polar surface area (TPSA) is 75.9 Å². The number of likely N-dealkylation sites (tertiary alicyclic amines) is 1. The molecule has 1 aliphatic rings. The molecule has 0 unspecified atom stereocenters. The van der Waals surface area contributed by atoms with Crippen molar-refractivity contribution in [1.29, 1.82) is 0 Å². The Morgan fingerprint density at radius 1 is 0.926 bits per heavy atom. The highest BCUT2D eigenvalue weighted by atomic mass is 16.1. The Balaban J connectivity index is 1.34. The van der Waals surface area contributed by atoms with E-state index in [-0.39, 0.29) is 5.91 Å². The summed E-state index contributed by atoms with van der Waals surface area (Å²) in [4.78, 5) is 14.9. The lowest BCUT2D eigenvalue weighted by Gasteiger charge is -2.14. The predicted molar refractivity (Wildman–Crippen MR) is 102 cm³/mol. The maximum atomic E-state index is 12.4. The number of nitrogens with one attached hydrogen (secondary N) is 1. The van der Waals surface area contributed by atoms with Crippen molar-refractivity contribution in [2.75, 3.05) is 18.4 Å². The molecular weight excluding hydrogens is 340 g/mol. The molecule has 0 atom stereocenters. The molecule has 1 aliphatic heterocycles. The van der Waals surface area contributed by atoms with Gasteiger partial charge in [0.05, 0.1) is 6.54 Å². The molecule has 1 fully saturated rings.